The summed E-state index contributed by atoms with van der Waals surface area (Å²) in [5, 5.41) is 4.10. The molecule has 0 saturated carbocycles. The van der Waals surface area contributed by atoms with Crippen molar-refractivity contribution in [3.63, 3.8) is 0 Å². The summed E-state index contributed by atoms with van der Waals surface area (Å²) in [6, 6.07) is 0. The fraction of sp³-hybridized carbons (Fsp3) is 0.571. The van der Waals surface area contributed by atoms with Gasteiger partial charge in [-0.25, -0.2) is 18.4 Å². The maximum Gasteiger partial charge on any atom is 0.188 e. The standard InChI is InChI=1S/C14H19N5O2S2/c1-10-15-6-11(7-16-10)8-19-5-3-4-12(9-19)13-14(22-18-17-13)23(2,20)21/h6-7,12H,3-5,8-9H2,1-2H3/t12-/m0/s1. The lowest BCUT2D eigenvalue weighted by Gasteiger charge is -2.31. The highest BCUT2D eigenvalue weighted by Crippen LogP contribution is 2.32. The highest BCUT2D eigenvalue weighted by molar-refractivity contribution is 7.92. The molecule has 0 radical (unpaired) electrons. The first-order chi connectivity index (χ1) is 10.9. The first-order valence-electron chi connectivity index (χ1n) is 7.45. The van der Waals surface area contributed by atoms with Crippen LogP contribution in [0, 0.1) is 6.92 Å². The Morgan fingerprint density at radius 3 is 2.78 bits per heavy atom. The number of sulfone groups is 1. The van der Waals surface area contributed by atoms with Gasteiger partial charge in [-0.1, -0.05) is 4.49 Å². The first kappa shape index (κ1) is 16.4. The molecule has 3 heterocycles. The Morgan fingerprint density at radius 2 is 2.09 bits per heavy atom. The molecule has 2 aromatic rings. The molecule has 23 heavy (non-hydrogen) atoms. The van der Waals surface area contributed by atoms with E-state index in [1.165, 1.54) is 6.26 Å². The second-order valence-corrected chi connectivity index (χ2v) is 8.90. The summed E-state index contributed by atoms with van der Waals surface area (Å²) in [5.74, 6) is 0.871. The molecular formula is C14H19N5O2S2. The normalized spacial score (nSPS) is 19.8. The zero-order valence-corrected chi connectivity index (χ0v) is 14.8. The van der Waals surface area contributed by atoms with Crippen LogP contribution in [0.2, 0.25) is 0 Å². The van der Waals surface area contributed by atoms with E-state index in [9.17, 15) is 8.42 Å². The summed E-state index contributed by atoms with van der Waals surface area (Å²) < 4.78 is 27.9. The predicted molar refractivity (Wildman–Crippen MR) is 87.0 cm³/mol. The first-order valence-corrected chi connectivity index (χ1v) is 10.1. The van der Waals surface area contributed by atoms with Crippen molar-refractivity contribution in [1.29, 1.82) is 0 Å². The van der Waals surface area contributed by atoms with Gasteiger partial charge in [0, 0.05) is 54.8 Å². The Labute approximate surface area is 139 Å². The minimum absolute atomic E-state index is 0.110. The van der Waals surface area contributed by atoms with E-state index in [1.807, 2.05) is 19.3 Å². The van der Waals surface area contributed by atoms with Gasteiger partial charge in [0.15, 0.2) is 14.0 Å². The molecule has 0 bridgehead atoms. The Balaban J connectivity index is 1.74. The maximum atomic E-state index is 11.9. The quantitative estimate of drug-likeness (QED) is 0.821. The van der Waals surface area contributed by atoms with E-state index in [0.29, 0.717) is 9.90 Å². The van der Waals surface area contributed by atoms with Gasteiger partial charge >= 0.3 is 0 Å². The fourth-order valence-corrected chi connectivity index (χ4v) is 4.61. The van der Waals surface area contributed by atoms with Crippen LogP contribution in [0.3, 0.4) is 0 Å². The Morgan fingerprint density at radius 1 is 1.35 bits per heavy atom. The van der Waals surface area contributed by atoms with Gasteiger partial charge in [0.05, 0.1) is 5.69 Å². The summed E-state index contributed by atoms with van der Waals surface area (Å²) in [5.41, 5.74) is 1.69. The molecule has 0 spiro atoms. The van der Waals surface area contributed by atoms with Crippen molar-refractivity contribution >= 4 is 21.4 Å². The van der Waals surface area contributed by atoms with Gasteiger partial charge < -0.3 is 0 Å². The lowest BCUT2D eigenvalue weighted by molar-refractivity contribution is 0.197. The number of aryl methyl sites for hydroxylation is 1. The second kappa shape index (κ2) is 6.58. The van der Waals surface area contributed by atoms with E-state index in [4.69, 9.17) is 0 Å². The molecule has 3 rings (SSSR count). The van der Waals surface area contributed by atoms with Crippen LogP contribution in [0.4, 0.5) is 0 Å². The van der Waals surface area contributed by atoms with Crippen molar-refractivity contribution in [3.8, 4) is 0 Å². The molecule has 0 N–H and O–H groups in total. The van der Waals surface area contributed by atoms with E-state index < -0.39 is 9.84 Å². The molecule has 0 aliphatic carbocycles. The van der Waals surface area contributed by atoms with Gasteiger partial charge in [0.2, 0.25) is 0 Å². The average Bonchev–Trinajstić information content (AvgIpc) is 3.00. The van der Waals surface area contributed by atoms with Crippen LogP contribution < -0.4 is 0 Å². The van der Waals surface area contributed by atoms with Crippen molar-refractivity contribution in [3.05, 3.63) is 29.5 Å². The molecular weight excluding hydrogens is 334 g/mol. The minimum atomic E-state index is -3.27. The molecule has 1 atom stereocenters. The Hall–Kier alpha value is -1.45. The third-order valence-electron chi connectivity index (χ3n) is 3.95. The summed E-state index contributed by atoms with van der Waals surface area (Å²) in [7, 11) is -3.27. The van der Waals surface area contributed by atoms with Crippen LogP contribution in [-0.4, -0.2) is 52.2 Å². The summed E-state index contributed by atoms with van der Waals surface area (Å²) in [4.78, 5) is 10.7. The van der Waals surface area contributed by atoms with Crippen LogP contribution in [0.1, 0.15) is 35.8 Å². The van der Waals surface area contributed by atoms with E-state index in [2.05, 4.69) is 24.5 Å². The van der Waals surface area contributed by atoms with Crippen molar-refractivity contribution in [2.45, 2.75) is 36.4 Å². The zero-order chi connectivity index (χ0) is 16.4. The molecule has 124 valence electrons. The van der Waals surface area contributed by atoms with Crippen LogP contribution >= 0.6 is 11.5 Å². The highest BCUT2D eigenvalue weighted by atomic mass is 32.2. The highest BCUT2D eigenvalue weighted by Gasteiger charge is 2.29. The van der Waals surface area contributed by atoms with Crippen molar-refractivity contribution < 1.29 is 8.42 Å². The molecule has 9 heteroatoms. The number of rotatable bonds is 4. The number of hydrogen-bond donors (Lipinski definition) is 0. The summed E-state index contributed by atoms with van der Waals surface area (Å²) >= 11 is 0.969. The van der Waals surface area contributed by atoms with Gasteiger partial charge in [0.1, 0.15) is 5.82 Å². The van der Waals surface area contributed by atoms with E-state index in [1.54, 1.807) is 0 Å². The summed E-state index contributed by atoms with van der Waals surface area (Å²) in [6.45, 7) is 4.39. The molecule has 1 aliphatic heterocycles. The van der Waals surface area contributed by atoms with E-state index >= 15 is 0 Å². The molecule has 2 aromatic heterocycles. The Bertz CT molecular complexity index is 773. The van der Waals surface area contributed by atoms with Crippen molar-refractivity contribution in [2.24, 2.45) is 0 Å². The van der Waals surface area contributed by atoms with E-state index in [0.717, 1.165) is 55.4 Å². The van der Waals surface area contributed by atoms with Crippen molar-refractivity contribution in [1.82, 2.24) is 24.5 Å². The number of aromatic nitrogens is 4. The van der Waals surface area contributed by atoms with Gasteiger partial charge in [-0.15, -0.1) is 5.10 Å². The Kier molecular flexibility index (Phi) is 4.69. The number of nitrogens with zero attached hydrogens (tertiary/aromatic N) is 5. The number of piperidine rings is 1. The average molecular weight is 353 g/mol. The number of likely N-dealkylation sites (tertiary alicyclic amines) is 1. The van der Waals surface area contributed by atoms with Gasteiger partial charge in [-0.05, 0) is 26.3 Å². The van der Waals surface area contributed by atoms with Gasteiger partial charge in [-0.2, -0.15) is 0 Å². The molecule has 1 saturated heterocycles. The van der Waals surface area contributed by atoms with E-state index in [-0.39, 0.29) is 5.92 Å². The monoisotopic (exact) mass is 353 g/mol. The lowest BCUT2D eigenvalue weighted by Crippen LogP contribution is -2.34. The third-order valence-corrected chi connectivity index (χ3v) is 6.50. The second-order valence-electron chi connectivity index (χ2n) is 5.93. The molecule has 0 unspecified atom stereocenters. The van der Waals surface area contributed by atoms with Crippen LogP contribution in [0.5, 0.6) is 0 Å². The predicted octanol–water partition coefficient (Wildman–Crippen LogP) is 1.42. The largest absolute Gasteiger partial charge is 0.298 e. The lowest BCUT2D eigenvalue weighted by atomic mass is 9.95. The topological polar surface area (TPSA) is 88.9 Å². The third kappa shape index (κ3) is 3.91. The minimum Gasteiger partial charge on any atom is -0.298 e. The molecule has 1 aliphatic rings. The molecule has 0 aromatic carbocycles. The van der Waals surface area contributed by atoms with Crippen LogP contribution in [0.25, 0.3) is 0 Å². The molecule has 0 amide bonds. The van der Waals surface area contributed by atoms with Crippen molar-refractivity contribution in [2.75, 3.05) is 19.3 Å². The fourth-order valence-electron chi connectivity index (χ4n) is 2.88. The van der Waals surface area contributed by atoms with Gasteiger partial charge in [0.25, 0.3) is 0 Å². The zero-order valence-electron chi connectivity index (χ0n) is 13.1. The summed E-state index contributed by atoms with van der Waals surface area (Å²) in [6.07, 6.45) is 6.86. The van der Waals surface area contributed by atoms with Gasteiger partial charge in [-0.3, -0.25) is 4.90 Å². The molecule has 1 fully saturated rings. The molecule has 7 nitrogen and oxygen atoms in total. The van der Waals surface area contributed by atoms with Crippen LogP contribution in [0.15, 0.2) is 16.6 Å². The SMILES string of the molecule is Cc1ncc(CN2CCC[C@H](c3nnsc3S(C)(=O)=O)C2)cn1. The maximum absolute atomic E-state index is 11.9. The van der Waals surface area contributed by atoms with Crippen LogP contribution in [-0.2, 0) is 16.4 Å². The smallest absolute Gasteiger partial charge is 0.188 e. The number of hydrogen-bond acceptors (Lipinski definition) is 8.